The maximum atomic E-state index is 13.5. The molecule has 1 amide bonds. The van der Waals surface area contributed by atoms with Gasteiger partial charge >= 0.3 is 6.18 Å². The van der Waals surface area contributed by atoms with Crippen LogP contribution >= 0.6 is 0 Å². The quantitative estimate of drug-likeness (QED) is 0.770. The van der Waals surface area contributed by atoms with E-state index in [1.807, 2.05) is 13.8 Å². The molecule has 2 aromatic rings. The molecule has 1 aliphatic heterocycles. The Morgan fingerprint density at radius 1 is 1.17 bits per heavy atom. The number of amides is 1. The zero-order chi connectivity index (χ0) is 21.8. The number of aromatic nitrogens is 2. The van der Waals surface area contributed by atoms with Gasteiger partial charge in [-0.15, -0.1) is 0 Å². The number of halogens is 4. The first-order valence-electron chi connectivity index (χ1n) is 9.49. The van der Waals surface area contributed by atoms with Crippen LogP contribution < -0.4 is 0 Å². The number of piperidine rings is 1. The van der Waals surface area contributed by atoms with Gasteiger partial charge < -0.3 is 10.0 Å². The van der Waals surface area contributed by atoms with E-state index in [0.29, 0.717) is 25.5 Å². The summed E-state index contributed by atoms with van der Waals surface area (Å²) in [4.78, 5) is 13.1. The number of aliphatic hydroxyl groups is 1. The molecule has 0 spiro atoms. The molecule has 1 aliphatic rings. The highest BCUT2D eigenvalue weighted by Gasteiger charge is 2.57. The molecule has 160 valence electrons. The Bertz CT molecular complexity index is 825. The molecule has 2 heterocycles. The smallest absolute Gasteiger partial charge is 0.373 e. The van der Waals surface area contributed by atoms with Crippen LogP contribution in [0.25, 0.3) is 5.69 Å². The molecule has 9 heteroatoms. The summed E-state index contributed by atoms with van der Waals surface area (Å²) in [6.45, 7) is 4.65. The highest BCUT2D eigenvalue weighted by molar-refractivity contribution is 5.85. The number of hydrogen-bond donors (Lipinski definition) is 1. The van der Waals surface area contributed by atoms with Gasteiger partial charge in [0.15, 0.2) is 0 Å². The Morgan fingerprint density at radius 2 is 1.79 bits per heavy atom. The van der Waals surface area contributed by atoms with Gasteiger partial charge in [0.1, 0.15) is 5.82 Å². The standard InChI is InChI=1S/C18H19F4N3O2.C2H6/c1-17(27,18(20,21)22)16(26)24-9-6-12(7-10-24)15-5-8-23-25(15)14-4-2-3-13(19)11-14;1-2/h2-5,8,11-12,27H,6-7,9-10H2,1H3;1-2H3. The minimum Gasteiger partial charge on any atom is -0.373 e. The molecule has 0 radical (unpaired) electrons. The lowest BCUT2D eigenvalue weighted by Gasteiger charge is -2.36. The Balaban J connectivity index is 0.00000145. The predicted octanol–water partition coefficient (Wildman–Crippen LogP) is 4.06. The van der Waals surface area contributed by atoms with E-state index in [1.54, 1.807) is 29.1 Å². The van der Waals surface area contributed by atoms with Crippen molar-refractivity contribution in [3.8, 4) is 5.69 Å². The van der Waals surface area contributed by atoms with E-state index in [1.165, 1.54) is 12.1 Å². The van der Waals surface area contributed by atoms with E-state index < -0.39 is 23.5 Å². The zero-order valence-electron chi connectivity index (χ0n) is 16.6. The van der Waals surface area contributed by atoms with Gasteiger partial charge in [0.05, 0.1) is 5.69 Å². The van der Waals surface area contributed by atoms with Gasteiger partial charge in [0.25, 0.3) is 5.91 Å². The number of benzene rings is 1. The van der Waals surface area contributed by atoms with Gasteiger partial charge in [-0.2, -0.15) is 18.3 Å². The molecule has 1 atom stereocenters. The van der Waals surface area contributed by atoms with Crippen LogP contribution in [0, 0.1) is 5.82 Å². The zero-order valence-corrected chi connectivity index (χ0v) is 16.6. The number of hydrogen-bond acceptors (Lipinski definition) is 3. The van der Waals surface area contributed by atoms with Crippen molar-refractivity contribution in [2.24, 2.45) is 0 Å². The fourth-order valence-corrected chi connectivity index (χ4v) is 3.25. The number of carbonyl (C=O) groups is 1. The lowest BCUT2D eigenvalue weighted by atomic mass is 9.92. The molecule has 0 bridgehead atoms. The molecular formula is C20H25F4N3O2. The van der Waals surface area contributed by atoms with Crippen LogP contribution in [0.1, 0.15) is 45.2 Å². The van der Waals surface area contributed by atoms with Crippen LogP contribution in [-0.4, -0.2) is 50.6 Å². The monoisotopic (exact) mass is 415 g/mol. The van der Waals surface area contributed by atoms with Gasteiger partial charge in [0.2, 0.25) is 5.60 Å². The molecule has 1 saturated heterocycles. The minimum atomic E-state index is -5.03. The molecule has 0 saturated carbocycles. The Hall–Kier alpha value is -2.42. The number of rotatable bonds is 3. The highest BCUT2D eigenvalue weighted by atomic mass is 19.4. The SMILES string of the molecule is CC.CC(O)(C(=O)N1CCC(c2ccnn2-c2cccc(F)c2)CC1)C(F)(F)F. The molecule has 1 aromatic heterocycles. The third-order valence-electron chi connectivity index (χ3n) is 4.89. The second-order valence-electron chi connectivity index (χ2n) is 6.78. The summed E-state index contributed by atoms with van der Waals surface area (Å²) < 4.78 is 53.7. The van der Waals surface area contributed by atoms with Crippen LogP contribution in [0.15, 0.2) is 36.5 Å². The summed E-state index contributed by atoms with van der Waals surface area (Å²) >= 11 is 0. The first-order chi connectivity index (χ1) is 13.6. The number of likely N-dealkylation sites (tertiary alicyclic amines) is 1. The first-order valence-corrected chi connectivity index (χ1v) is 9.49. The van der Waals surface area contributed by atoms with E-state index in [-0.39, 0.29) is 19.0 Å². The Morgan fingerprint density at radius 3 is 2.34 bits per heavy atom. The van der Waals surface area contributed by atoms with E-state index in [0.717, 1.165) is 10.6 Å². The summed E-state index contributed by atoms with van der Waals surface area (Å²) in [5.41, 5.74) is -2.05. The maximum Gasteiger partial charge on any atom is 0.426 e. The van der Waals surface area contributed by atoms with Gasteiger partial charge in [-0.25, -0.2) is 9.07 Å². The van der Waals surface area contributed by atoms with Crippen molar-refractivity contribution in [3.63, 3.8) is 0 Å². The molecule has 1 unspecified atom stereocenters. The molecule has 5 nitrogen and oxygen atoms in total. The molecule has 1 fully saturated rings. The predicted molar refractivity (Wildman–Crippen MR) is 100 cm³/mol. The van der Waals surface area contributed by atoms with Crippen LogP contribution in [-0.2, 0) is 4.79 Å². The van der Waals surface area contributed by atoms with Crippen LogP contribution in [0.4, 0.5) is 17.6 Å². The Kier molecular flexibility index (Phi) is 7.05. The summed E-state index contributed by atoms with van der Waals surface area (Å²) in [6, 6.07) is 7.72. The van der Waals surface area contributed by atoms with Crippen LogP contribution in [0.5, 0.6) is 0 Å². The minimum absolute atomic E-state index is 0.0457. The summed E-state index contributed by atoms with van der Waals surface area (Å²) in [7, 11) is 0. The van der Waals surface area contributed by atoms with Gasteiger partial charge in [-0.3, -0.25) is 4.79 Å². The molecule has 0 aliphatic carbocycles. The Labute approximate surface area is 166 Å². The van der Waals surface area contributed by atoms with Crippen molar-refractivity contribution >= 4 is 5.91 Å². The van der Waals surface area contributed by atoms with E-state index in [9.17, 15) is 27.5 Å². The number of carbonyl (C=O) groups excluding carboxylic acids is 1. The van der Waals surface area contributed by atoms with Gasteiger partial charge in [-0.1, -0.05) is 19.9 Å². The molecule has 3 rings (SSSR count). The van der Waals surface area contributed by atoms with Crippen molar-refractivity contribution < 1.29 is 27.5 Å². The van der Waals surface area contributed by atoms with Crippen LogP contribution in [0.3, 0.4) is 0 Å². The highest BCUT2D eigenvalue weighted by Crippen LogP contribution is 2.34. The van der Waals surface area contributed by atoms with E-state index in [4.69, 9.17) is 0 Å². The average Bonchev–Trinajstić information content (AvgIpc) is 3.18. The second-order valence-corrected chi connectivity index (χ2v) is 6.78. The second kappa shape index (κ2) is 8.94. The fourth-order valence-electron chi connectivity index (χ4n) is 3.25. The topological polar surface area (TPSA) is 58.4 Å². The van der Waals surface area contributed by atoms with E-state index >= 15 is 0 Å². The third-order valence-corrected chi connectivity index (χ3v) is 4.89. The van der Waals surface area contributed by atoms with E-state index in [2.05, 4.69) is 5.10 Å². The maximum absolute atomic E-state index is 13.5. The largest absolute Gasteiger partial charge is 0.426 e. The number of nitrogens with zero attached hydrogens (tertiary/aromatic N) is 3. The van der Waals surface area contributed by atoms with Crippen molar-refractivity contribution in [2.75, 3.05) is 13.1 Å². The van der Waals surface area contributed by atoms with Crippen molar-refractivity contribution in [3.05, 3.63) is 48.0 Å². The normalized spacial score (nSPS) is 17.3. The summed E-state index contributed by atoms with van der Waals surface area (Å²) in [5, 5.41) is 13.8. The van der Waals surface area contributed by atoms with Crippen molar-refractivity contribution in [1.82, 2.24) is 14.7 Å². The molecule has 1 aromatic carbocycles. The summed E-state index contributed by atoms with van der Waals surface area (Å²) in [6.07, 6.45) is -2.62. The lowest BCUT2D eigenvalue weighted by Crippen LogP contribution is -2.57. The number of alkyl halides is 3. The molecular weight excluding hydrogens is 390 g/mol. The molecule has 1 N–H and O–H groups in total. The summed E-state index contributed by atoms with van der Waals surface area (Å²) in [5.74, 6) is -1.79. The third kappa shape index (κ3) is 4.77. The van der Waals surface area contributed by atoms with Crippen LogP contribution in [0.2, 0.25) is 0 Å². The lowest BCUT2D eigenvalue weighted by molar-refractivity contribution is -0.250. The van der Waals surface area contributed by atoms with Gasteiger partial charge in [-0.05, 0) is 44.0 Å². The molecule has 29 heavy (non-hydrogen) atoms. The van der Waals surface area contributed by atoms with Crippen molar-refractivity contribution in [2.45, 2.75) is 51.3 Å². The van der Waals surface area contributed by atoms with Crippen molar-refractivity contribution in [1.29, 1.82) is 0 Å². The fraction of sp³-hybridized carbons (Fsp3) is 0.500. The average molecular weight is 415 g/mol. The van der Waals surface area contributed by atoms with Gasteiger partial charge in [0, 0.05) is 30.9 Å². The first kappa shape index (κ1) is 22.9.